The lowest BCUT2D eigenvalue weighted by atomic mass is 10.1. The molecule has 15 heteroatoms. The molecule has 1 fully saturated rings. The fraction of sp³-hybridized carbons (Fsp3) is 0.372. The summed E-state index contributed by atoms with van der Waals surface area (Å²) in [6.45, 7) is 14.7. The number of rotatable bonds is 16. The number of pyridine rings is 1. The lowest BCUT2D eigenvalue weighted by Crippen LogP contribution is -2.49. The molecule has 7 rings (SSSR count). The van der Waals surface area contributed by atoms with Crippen molar-refractivity contribution < 1.29 is 28.6 Å². The molecule has 0 saturated carbocycles. The van der Waals surface area contributed by atoms with Crippen LogP contribution >= 0.6 is 23.1 Å². The van der Waals surface area contributed by atoms with Crippen molar-refractivity contribution in [1.82, 2.24) is 25.2 Å². The molecule has 3 aromatic carbocycles. The molecule has 1 saturated heterocycles. The molecule has 58 heavy (non-hydrogen) atoms. The number of carbonyl (C=O) groups is 3. The smallest absolute Gasteiger partial charge is 0.328 e. The van der Waals surface area contributed by atoms with Crippen LogP contribution in [0.3, 0.4) is 0 Å². The summed E-state index contributed by atoms with van der Waals surface area (Å²) in [6.07, 6.45) is 4.79. The number of likely N-dealkylation sites (N-methyl/N-ethyl adjacent to an activating group) is 1. The molecule has 1 aliphatic rings. The summed E-state index contributed by atoms with van der Waals surface area (Å²) in [5, 5.41) is 10.9. The van der Waals surface area contributed by atoms with E-state index in [0.717, 1.165) is 62.2 Å². The lowest BCUT2D eigenvalue weighted by Gasteiger charge is -2.27. The van der Waals surface area contributed by atoms with Gasteiger partial charge in [-0.2, -0.15) is 0 Å². The number of hydrogen-bond acceptors (Lipinski definition) is 12. The van der Waals surface area contributed by atoms with Crippen LogP contribution in [0.5, 0.6) is 5.75 Å². The number of hydrogen-bond donors (Lipinski definition) is 3. The number of amides is 3. The predicted molar refractivity (Wildman–Crippen MR) is 235 cm³/mol. The van der Waals surface area contributed by atoms with E-state index in [1.807, 2.05) is 49.2 Å². The van der Waals surface area contributed by atoms with E-state index in [4.69, 9.17) is 14.2 Å². The normalized spacial score (nSPS) is 13.3. The first-order valence-corrected chi connectivity index (χ1v) is 21.0. The molecule has 0 spiro atoms. The van der Waals surface area contributed by atoms with Crippen LogP contribution in [0.4, 0.5) is 21.9 Å². The van der Waals surface area contributed by atoms with Crippen LogP contribution < -0.4 is 25.6 Å². The zero-order chi connectivity index (χ0) is 41.2. The number of carbonyl (C=O) groups excluding carboxylic acids is 3. The second-order valence-electron chi connectivity index (χ2n) is 14.9. The van der Waals surface area contributed by atoms with Crippen molar-refractivity contribution in [2.24, 2.45) is 0 Å². The van der Waals surface area contributed by atoms with Crippen LogP contribution in [0.1, 0.15) is 57.4 Å². The maximum atomic E-state index is 12.1. The van der Waals surface area contributed by atoms with Gasteiger partial charge in [0.1, 0.15) is 18.6 Å². The fourth-order valence-corrected chi connectivity index (χ4v) is 8.10. The average Bonchev–Trinajstić information content (AvgIpc) is 3.84. The molecule has 3 amide bonds. The summed E-state index contributed by atoms with van der Waals surface area (Å²) in [7, 11) is 1.91. The third kappa shape index (κ3) is 10.9. The minimum atomic E-state index is -0.446. The molecular weight excluding hydrogens is 775 g/mol. The van der Waals surface area contributed by atoms with Gasteiger partial charge in [-0.25, -0.2) is 9.78 Å². The number of thiazole rings is 1. The largest absolute Gasteiger partial charge is 0.490 e. The maximum absolute atomic E-state index is 12.1. The monoisotopic (exact) mass is 825 g/mol. The van der Waals surface area contributed by atoms with Crippen LogP contribution in [0, 0.1) is 0 Å². The molecule has 3 aromatic heterocycles. The average molecular weight is 826 g/mol. The Bertz CT molecular complexity index is 2370. The molecule has 4 heterocycles. The van der Waals surface area contributed by atoms with Crippen molar-refractivity contribution in [2.45, 2.75) is 56.7 Å². The summed E-state index contributed by atoms with van der Waals surface area (Å²) in [6, 6.07) is 17.7. The van der Waals surface area contributed by atoms with Gasteiger partial charge in [0.05, 0.1) is 63.8 Å². The Morgan fingerprint density at radius 2 is 1.74 bits per heavy atom. The Labute approximate surface area is 346 Å². The van der Waals surface area contributed by atoms with Gasteiger partial charge in [-0.1, -0.05) is 20.8 Å². The van der Waals surface area contributed by atoms with E-state index in [1.54, 1.807) is 29.2 Å². The Kier molecular flexibility index (Phi) is 14.4. The second-order valence-corrected chi connectivity index (χ2v) is 17.6. The highest BCUT2D eigenvalue weighted by Crippen LogP contribution is 2.42. The van der Waals surface area contributed by atoms with E-state index in [2.05, 4.69) is 89.4 Å². The van der Waals surface area contributed by atoms with Gasteiger partial charge in [0.2, 0.25) is 5.91 Å². The summed E-state index contributed by atoms with van der Waals surface area (Å²) < 4.78 is 20.6. The predicted octanol–water partition coefficient (Wildman–Crippen LogP) is 8.59. The van der Waals surface area contributed by atoms with E-state index in [1.165, 1.54) is 9.60 Å². The molecule has 0 aliphatic carbocycles. The topological polar surface area (TPSA) is 149 Å². The van der Waals surface area contributed by atoms with Gasteiger partial charge in [-0.05, 0) is 69.4 Å². The number of urea groups is 1. The van der Waals surface area contributed by atoms with E-state index < -0.39 is 6.03 Å². The van der Waals surface area contributed by atoms with Crippen molar-refractivity contribution in [1.29, 1.82) is 0 Å². The Morgan fingerprint density at radius 3 is 2.48 bits per heavy atom. The quantitative estimate of drug-likeness (QED) is 0.0490. The highest BCUT2D eigenvalue weighted by atomic mass is 32.2. The number of nitrogens with zero attached hydrogens (tertiary/aromatic N) is 4. The number of aromatic nitrogens is 3. The van der Waals surface area contributed by atoms with Crippen molar-refractivity contribution in [3.63, 3.8) is 0 Å². The molecule has 0 bridgehead atoms. The van der Waals surface area contributed by atoms with Gasteiger partial charge in [0.25, 0.3) is 0 Å². The molecule has 1 aliphatic heterocycles. The summed E-state index contributed by atoms with van der Waals surface area (Å²) in [5.41, 5.74) is 7.81. The molecule has 0 atom stereocenters. The number of thioether (sulfide) groups is 1. The summed E-state index contributed by atoms with van der Waals surface area (Å²) >= 11 is 3.43. The van der Waals surface area contributed by atoms with Crippen LogP contribution in [0.15, 0.2) is 77.4 Å². The van der Waals surface area contributed by atoms with E-state index >= 15 is 0 Å². The molecule has 306 valence electrons. The Balaban J connectivity index is 0.000000220. The zero-order valence-electron chi connectivity index (χ0n) is 33.8. The van der Waals surface area contributed by atoms with Gasteiger partial charge < -0.3 is 29.4 Å². The number of anilines is 3. The van der Waals surface area contributed by atoms with Gasteiger partial charge >= 0.3 is 6.03 Å². The van der Waals surface area contributed by atoms with Gasteiger partial charge in [0.15, 0.2) is 0 Å². The van der Waals surface area contributed by atoms with Crippen molar-refractivity contribution in [3.8, 4) is 5.75 Å². The highest BCUT2D eigenvalue weighted by Gasteiger charge is 2.27. The number of aldehydes is 1. The summed E-state index contributed by atoms with van der Waals surface area (Å²) in [4.78, 5) is 46.3. The van der Waals surface area contributed by atoms with Crippen molar-refractivity contribution >= 4 is 90.4 Å². The van der Waals surface area contributed by atoms with Crippen molar-refractivity contribution in [3.05, 3.63) is 78.1 Å². The number of nitrogens with one attached hydrogen (secondary N) is 3. The van der Waals surface area contributed by atoms with Gasteiger partial charge in [0, 0.05) is 76.5 Å². The number of imide groups is 1. The number of benzene rings is 3. The molecule has 6 aromatic rings. The highest BCUT2D eigenvalue weighted by molar-refractivity contribution is 8.00. The molecular formula is C43H51N7O6S2. The van der Waals surface area contributed by atoms with E-state index in [-0.39, 0.29) is 23.1 Å². The number of fused-ring (bicyclic) bond motifs is 3. The van der Waals surface area contributed by atoms with Crippen molar-refractivity contribution in [2.75, 3.05) is 63.4 Å². The molecule has 13 nitrogen and oxygen atoms in total. The van der Waals surface area contributed by atoms with Gasteiger partial charge in [-0.15, -0.1) is 23.1 Å². The lowest BCUT2D eigenvalue weighted by molar-refractivity contribution is -0.120. The van der Waals surface area contributed by atoms with Gasteiger partial charge in [-0.3, -0.25) is 24.8 Å². The molecule has 0 unspecified atom stereocenters. The molecule has 0 radical (unpaired) electrons. The Morgan fingerprint density at radius 1 is 0.948 bits per heavy atom. The fourth-order valence-electron chi connectivity index (χ4n) is 6.38. The molecule has 3 N–H and O–H groups in total. The maximum Gasteiger partial charge on any atom is 0.328 e. The zero-order valence-corrected chi connectivity index (χ0v) is 35.4. The SMILES string of the molecule is CC(C)n1ccc2c(N3CCC(=O)NC3=O)cc(C=O)cc21.CNCCOCCOCCOc1cc2nccc(Nc3ccc4scnc4c3)c2cc1SC(C)(C)C. The summed E-state index contributed by atoms with van der Waals surface area (Å²) in [5.74, 6) is 0.550. The first-order chi connectivity index (χ1) is 27.9. The van der Waals surface area contributed by atoms with Crippen LogP contribution in [0.2, 0.25) is 0 Å². The minimum Gasteiger partial charge on any atom is -0.490 e. The first kappa shape index (κ1) is 42.5. The van der Waals surface area contributed by atoms with Crippen LogP contribution in [-0.4, -0.2) is 90.7 Å². The first-order valence-electron chi connectivity index (χ1n) is 19.3. The van der Waals surface area contributed by atoms with E-state index in [9.17, 15) is 14.4 Å². The standard InChI is InChI=1S/C27H34N4O3S2.C16H17N3O3/c1-27(2,3)36-26-16-20-21(31-19-5-6-25-23(15-19)30-18-35-25)7-8-29-22(20)17-24(26)34-14-13-33-12-11-32-10-9-28-4;1-10(2)18-5-3-12-13(18)7-11(9-20)8-14(12)19-6-4-15(21)17-16(19)22/h5-8,15-18,28H,9-14H2,1-4H3,(H,29,31);3,5,7-10H,4,6H2,1-2H3,(H,17,21,22). The number of ether oxygens (including phenoxy) is 3. The van der Waals surface area contributed by atoms with Crippen LogP contribution in [0.25, 0.3) is 32.0 Å². The van der Waals surface area contributed by atoms with Crippen LogP contribution in [-0.2, 0) is 14.3 Å². The third-order valence-electron chi connectivity index (χ3n) is 9.06. The second kappa shape index (κ2) is 19.6. The van der Waals surface area contributed by atoms with E-state index in [0.29, 0.717) is 50.8 Å². The third-order valence-corrected chi connectivity index (χ3v) is 11.0. The minimum absolute atomic E-state index is 0.0262. The Hall–Kier alpha value is -5.06.